The Hall–Kier alpha value is -6.28. The lowest BCUT2D eigenvalue weighted by Crippen LogP contribution is -2.24. The molecule has 0 unspecified atom stereocenters. The van der Waals surface area contributed by atoms with Gasteiger partial charge in [0, 0.05) is 22.6 Å². The lowest BCUT2D eigenvalue weighted by atomic mass is 9.76. The van der Waals surface area contributed by atoms with Crippen LogP contribution in [-0.4, -0.2) is 31.3 Å². The minimum absolute atomic E-state index is 0.313. The number of rotatable bonds is 18. The summed E-state index contributed by atoms with van der Waals surface area (Å²) in [5, 5.41) is 0. The topological polar surface area (TPSA) is 105 Å². The van der Waals surface area contributed by atoms with Gasteiger partial charge in [-0.1, -0.05) is 101 Å². The molecule has 0 radical (unpaired) electrons. The first-order chi connectivity index (χ1) is 29.9. The minimum Gasteiger partial charge on any atom is -0.494 e. The molecule has 8 nitrogen and oxygen atoms in total. The van der Waals surface area contributed by atoms with Crippen LogP contribution in [0.1, 0.15) is 132 Å². The summed E-state index contributed by atoms with van der Waals surface area (Å²) in [5.74, 6) is 0.604. The van der Waals surface area contributed by atoms with Crippen LogP contribution in [-0.2, 0) is 34.3 Å². The second-order valence-corrected chi connectivity index (χ2v) is 15.7. The molecular weight excluding hydrogens is 765 g/mol. The van der Waals surface area contributed by atoms with Crippen molar-refractivity contribution in [2.45, 2.75) is 103 Å². The van der Waals surface area contributed by atoms with Gasteiger partial charge < -0.3 is 23.7 Å². The number of benzene rings is 5. The van der Waals surface area contributed by atoms with Crippen LogP contribution in [0.2, 0.25) is 0 Å². The Kier molecular flexibility index (Phi) is 15.8. The molecule has 2 aliphatic rings. The quantitative estimate of drug-likeness (QED) is 0.0372. The first-order valence-electron chi connectivity index (χ1n) is 21.7. The molecule has 8 heteroatoms. The van der Waals surface area contributed by atoms with Gasteiger partial charge in [-0.3, -0.25) is 0 Å². The maximum Gasteiger partial charge on any atom is 0.343 e. The van der Waals surface area contributed by atoms with Crippen molar-refractivity contribution >= 4 is 30.8 Å². The number of unbranched alkanes of at least 4 members (excludes halogenated alkanes) is 6. The zero-order chi connectivity index (χ0) is 43.0. The third-order valence-electron chi connectivity index (χ3n) is 11.6. The predicted octanol–water partition coefficient (Wildman–Crippen LogP) is 11.8. The van der Waals surface area contributed by atoms with Crippen LogP contribution in [0.4, 0.5) is 0 Å². The second-order valence-electron chi connectivity index (χ2n) is 15.7. The van der Waals surface area contributed by atoms with Gasteiger partial charge in [-0.15, -0.1) is 0 Å². The van der Waals surface area contributed by atoms with E-state index in [1.54, 1.807) is 54.6 Å². The smallest absolute Gasteiger partial charge is 0.343 e. The number of carbonyl (C=O) groups is 4. The number of hydrogen-bond donors (Lipinski definition) is 0. The highest BCUT2D eigenvalue weighted by Crippen LogP contribution is 2.57. The van der Waals surface area contributed by atoms with E-state index in [0.29, 0.717) is 40.7 Å². The minimum atomic E-state index is -0.517. The predicted molar refractivity (Wildman–Crippen MR) is 239 cm³/mol. The zero-order valence-electron chi connectivity index (χ0n) is 35.4. The molecule has 0 amide bonds. The van der Waals surface area contributed by atoms with Gasteiger partial charge >= 0.3 is 17.9 Å². The molecule has 5 aromatic rings. The fourth-order valence-electron chi connectivity index (χ4n) is 8.52. The first kappa shape index (κ1) is 44.3. The number of hydrogen-bond acceptors (Lipinski definition) is 8. The summed E-state index contributed by atoms with van der Waals surface area (Å²) >= 11 is 0. The molecule has 1 spiro atoms. The van der Waals surface area contributed by atoms with E-state index in [1.165, 1.54) is 50.2 Å². The molecule has 0 saturated heterocycles. The normalized spacial score (nSPS) is 14.8. The van der Waals surface area contributed by atoms with Crippen molar-refractivity contribution < 1.29 is 38.1 Å². The number of ether oxygens (including phenoxy) is 4. The van der Waals surface area contributed by atoms with Gasteiger partial charge in [0.15, 0.2) is 0 Å². The van der Waals surface area contributed by atoms with E-state index in [1.807, 2.05) is 43.2 Å². The highest BCUT2D eigenvalue weighted by molar-refractivity contribution is 5.93. The average Bonchev–Trinajstić information content (AvgIpc) is 3.87. The molecule has 316 valence electrons. The molecule has 0 bridgehead atoms. The van der Waals surface area contributed by atoms with Gasteiger partial charge in [-0.05, 0) is 134 Å². The Labute approximate surface area is 359 Å². The van der Waals surface area contributed by atoms with Gasteiger partial charge in [-0.2, -0.15) is 0 Å². The van der Waals surface area contributed by atoms with Crippen molar-refractivity contribution in [3.63, 3.8) is 0 Å². The molecule has 0 aliphatic heterocycles. The Morgan fingerprint density at radius 3 is 1.72 bits per heavy atom. The van der Waals surface area contributed by atoms with Crippen molar-refractivity contribution in [3.8, 4) is 23.0 Å². The number of esters is 3. The molecule has 61 heavy (non-hydrogen) atoms. The molecule has 0 saturated carbocycles. The lowest BCUT2D eigenvalue weighted by Gasteiger charge is -2.29. The van der Waals surface area contributed by atoms with E-state index in [9.17, 15) is 14.4 Å². The van der Waals surface area contributed by atoms with Crippen LogP contribution in [0.5, 0.6) is 23.0 Å². The Morgan fingerprint density at radius 1 is 0.590 bits per heavy atom. The highest BCUT2D eigenvalue weighted by atomic mass is 16.5. The third kappa shape index (κ3) is 11.1. The van der Waals surface area contributed by atoms with Crippen molar-refractivity contribution in [2.24, 2.45) is 0 Å². The van der Waals surface area contributed by atoms with E-state index in [2.05, 4.69) is 38.1 Å². The second kappa shape index (κ2) is 21.8. The summed E-state index contributed by atoms with van der Waals surface area (Å²) in [6, 6.07) is 33.4. The van der Waals surface area contributed by atoms with Crippen LogP contribution in [0.3, 0.4) is 0 Å². The number of aryl methyl sites for hydroxylation is 3. The molecule has 2 aliphatic carbocycles. The molecule has 0 aromatic heterocycles. The van der Waals surface area contributed by atoms with Gasteiger partial charge in [0.05, 0.1) is 17.7 Å². The maximum atomic E-state index is 13.6. The summed E-state index contributed by atoms with van der Waals surface area (Å²) < 4.78 is 23.6. The summed E-state index contributed by atoms with van der Waals surface area (Å²) in [4.78, 5) is 47.8. The molecule has 0 heterocycles. The summed E-state index contributed by atoms with van der Waals surface area (Å²) in [6.07, 6.45) is 17.0. The lowest BCUT2D eigenvalue weighted by molar-refractivity contribution is -0.129. The Balaban J connectivity index is 0.00000307. The molecule has 7 rings (SSSR count). The average molecular weight is 821 g/mol. The van der Waals surface area contributed by atoms with Crippen LogP contribution in [0, 0.1) is 0 Å². The number of fused-ring (bicyclic) bond motifs is 4. The van der Waals surface area contributed by atoms with E-state index in [-0.39, 0.29) is 0 Å². The van der Waals surface area contributed by atoms with E-state index >= 15 is 0 Å². The van der Waals surface area contributed by atoms with Crippen molar-refractivity contribution in [2.75, 3.05) is 6.61 Å². The molecule has 5 aromatic carbocycles. The molecule has 0 fully saturated rings. The van der Waals surface area contributed by atoms with Gasteiger partial charge in [0.25, 0.3) is 0 Å². The van der Waals surface area contributed by atoms with Crippen LogP contribution >= 0.6 is 0 Å². The Bertz CT molecular complexity index is 2270. The van der Waals surface area contributed by atoms with Gasteiger partial charge in [0.2, 0.25) is 0 Å². The van der Waals surface area contributed by atoms with Crippen molar-refractivity contribution in [1.29, 1.82) is 0 Å². The maximum absolute atomic E-state index is 13.6. The monoisotopic (exact) mass is 820 g/mol. The fourth-order valence-corrected chi connectivity index (χ4v) is 8.52. The SMILES string of the molecule is C=O.CCCCCCOc1ccc(C(=O)Oc2ccc(C(=O)Oc3cccc4c3[C@@]3(CCc5cccc(OC(=O)/C=C/c6ccc(CCCCCC)cc6)c53)CC4)cc2)cc1. The summed E-state index contributed by atoms with van der Waals surface area (Å²) in [5.41, 5.74) is 6.72. The first-order valence-corrected chi connectivity index (χ1v) is 21.7. The van der Waals surface area contributed by atoms with E-state index in [0.717, 1.165) is 72.8 Å². The summed E-state index contributed by atoms with van der Waals surface area (Å²) in [7, 11) is 0. The molecule has 0 N–H and O–H groups in total. The highest BCUT2D eigenvalue weighted by Gasteiger charge is 2.49. The largest absolute Gasteiger partial charge is 0.494 e. The Morgan fingerprint density at radius 2 is 1.13 bits per heavy atom. The molecular formula is C53H56O8. The van der Waals surface area contributed by atoms with Crippen LogP contribution in [0.15, 0.2) is 115 Å². The van der Waals surface area contributed by atoms with E-state index < -0.39 is 23.3 Å². The van der Waals surface area contributed by atoms with Crippen LogP contribution < -0.4 is 18.9 Å². The summed E-state index contributed by atoms with van der Waals surface area (Å²) in [6.45, 7) is 7.04. The zero-order valence-corrected chi connectivity index (χ0v) is 35.4. The van der Waals surface area contributed by atoms with Gasteiger partial charge in [-0.25, -0.2) is 14.4 Å². The van der Waals surface area contributed by atoms with Crippen LogP contribution in [0.25, 0.3) is 6.08 Å². The number of carbonyl (C=O) groups excluding carboxylic acids is 4. The standard InChI is InChI=1S/C52H54O7.CH2O/c1-3-5-7-9-13-37-18-20-38(21-19-37)22-31-47(53)58-45-16-11-14-39-32-34-52(48(39)45)35-33-40-15-12-17-46(49(40)52)59-51(55)42-25-29-44(30-26-42)57-50(54)41-23-27-43(28-24-41)56-36-10-8-6-4-2;1-2/h11-12,14-31H,3-10,13,32-36H2,1-2H3;1H2/b31-22+;/t52-;/m0./s1. The van der Waals surface area contributed by atoms with E-state index in [4.69, 9.17) is 23.7 Å². The fraction of sp³-hybridized carbons (Fsp3) is 0.321. The van der Waals surface area contributed by atoms with Crippen molar-refractivity contribution in [1.82, 2.24) is 0 Å². The van der Waals surface area contributed by atoms with Gasteiger partial charge in [0.1, 0.15) is 29.8 Å². The van der Waals surface area contributed by atoms with Crippen molar-refractivity contribution in [3.05, 3.63) is 160 Å². The molecule has 1 atom stereocenters. The third-order valence-corrected chi connectivity index (χ3v) is 11.6.